The Morgan fingerprint density at radius 3 is 1.45 bits per heavy atom. The van der Waals surface area contributed by atoms with Crippen molar-refractivity contribution in [3.8, 4) is 11.1 Å². The van der Waals surface area contributed by atoms with Crippen LogP contribution in [0, 0.1) is 0 Å². The smallest absolute Gasteiger partial charge is 0.366 e. The fraction of sp³-hybridized carbons (Fsp3) is 0.333. The summed E-state index contributed by atoms with van der Waals surface area (Å²) in [6.45, 7) is -1.37. The maximum atomic E-state index is 12.7. The van der Waals surface area contributed by atoms with Gasteiger partial charge in [-0.15, -0.1) is 0 Å². The fourth-order valence-corrected chi connectivity index (χ4v) is 4.31. The molecular weight excluding hydrogens is 504 g/mol. The quantitative estimate of drug-likeness (QED) is 0.327. The van der Waals surface area contributed by atoms with Gasteiger partial charge in [0, 0.05) is 18.8 Å². The zero-order valence-electron chi connectivity index (χ0n) is 16.2. The van der Waals surface area contributed by atoms with Crippen LogP contribution in [0.25, 0.3) is 11.1 Å². The zero-order valence-corrected chi connectivity index (χ0v) is 17.9. The summed E-state index contributed by atoms with van der Waals surface area (Å²) in [6.07, 6.45) is -4.36. The van der Waals surface area contributed by atoms with Crippen LogP contribution < -0.4 is 4.90 Å². The molecule has 2 aromatic carbocycles. The van der Waals surface area contributed by atoms with Crippen molar-refractivity contribution in [3.63, 3.8) is 0 Å². The van der Waals surface area contributed by atoms with Crippen molar-refractivity contribution in [2.24, 2.45) is 0 Å². The van der Waals surface area contributed by atoms with Gasteiger partial charge in [-0.25, -0.2) is 0 Å². The average molecular weight is 519 g/mol. The third-order valence-electron chi connectivity index (χ3n) is 4.62. The lowest BCUT2D eigenvalue weighted by molar-refractivity contribution is -0.0665. The highest BCUT2D eigenvalue weighted by molar-refractivity contribution is 7.88. The minimum Gasteiger partial charge on any atom is -0.366 e. The first-order chi connectivity index (χ1) is 15.1. The molecule has 1 aliphatic rings. The van der Waals surface area contributed by atoms with Gasteiger partial charge < -0.3 is 4.90 Å². The predicted molar refractivity (Wildman–Crippen MR) is 104 cm³/mol. The van der Waals surface area contributed by atoms with Crippen LogP contribution >= 0.6 is 0 Å². The molecule has 0 radical (unpaired) electrons. The van der Waals surface area contributed by atoms with Gasteiger partial charge in [-0.3, -0.25) is 8.37 Å². The second kappa shape index (κ2) is 8.77. The summed E-state index contributed by atoms with van der Waals surface area (Å²) in [6, 6.07) is 15.2. The van der Waals surface area contributed by atoms with Gasteiger partial charge in [0.05, 0.1) is 0 Å². The van der Waals surface area contributed by atoms with Crippen molar-refractivity contribution < 1.29 is 51.5 Å². The molecule has 0 N–H and O–H groups in total. The zero-order chi connectivity index (χ0) is 24.7. The van der Waals surface area contributed by atoms with E-state index in [-0.39, 0.29) is 5.69 Å². The predicted octanol–water partition coefficient (Wildman–Crippen LogP) is 3.64. The minimum atomic E-state index is -6.24. The first-order valence-corrected chi connectivity index (χ1v) is 11.8. The third kappa shape index (κ3) is 5.59. The average Bonchev–Trinajstić information content (AvgIpc) is 3.08. The largest absolute Gasteiger partial charge is 0.523 e. The molecule has 3 rings (SSSR count). The van der Waals surface area contributed by atoms with Crippen molar-refractivity contribution in [2.75, 3.05) is 18.0 Å². The number of nitrogens with zero attached hydrogens (tertiary/aromatic N) is 1. The van der Waals surface area contributed by atoms with Crippen molar-refractivity contribution in [1.29, 1.82) is 0 Å². The highest BCUT2D eigenvalue weighted by Crippen LogP contribution is 2.34. The number of hydrogen-bond acceptors (Lipinski definition) is 7. The topological polar surface area (TPSA) is 90.0 Å². The number of halogens is 6. The van der Waals surface area contributed by atoms with E-state index in [0.29, 0.717) is 0 Å². The SMILES string of the molecule is O=S(=O)(O[C@H]1CN(c2ccc(-c3ccccc3)cc2)C[C@@H]1OS(=O)(=O)C(F)(F)F)C(F)(F)F. The Kier molecular flexibility index (Phi) is 6.72. The van der Waals surface area contributed by atoms with Gasteiger partial charge in [-0.05, 0) is 23.3 Å². The molecule has 0 saturated carbocycles. The highest BCUT2D eigenvalue weighted by atomic mass is 32.2. The van der Waals surface area contributed by atoms with Gasteiger partial charge in [-0.2, -0.15) is 43.2 Å². The molecule has 1 fully saturated rings. The van der Waals surface area contributed by atoms with Gasteiger partial charge >= 0.3 is 31.3 Å². The Morgan fingerprint density at radius 1 is 0.667 bits per heavy atom. The molecule has 2 atom stereocenters. The lowest BCUT2D eigenvalue weighted by Gasteiger charge is -2.19. The van der Waals surface area contributed by atoms with E-state index in [0.717, 1.165) is 16.0 Å². The van der Waals surface area contributed by atoms with E-state index in [9.17, 15) is 43.2 Å². The maximum absolute atomic E-state index is 12.7. The van der Waals surface area contributed by atoms with Crippen LogP contribution in [0.1, 0.15) is 0 Å². The van der Waals surface area contributed by atoms with Crippen molar-refractivity contribution in [3.05, 3.63) is 54.6 Å². The van der Waals surface area contributed by atoms with Gasteiger partial charge in [-0.1, -0.05) is 42.5 Å². The van der Waals surface area contributed by atoms with E-state index in [1.165, 1.54) is 12.1 Å². The Morgan fingerprint density at radius 2 is 1.06 bits per heavy atom. The Bertz CT molecular complexity index is 1130. The second-order valence-corrected chi connectivity index (χ2v) is 10.0. The maximum Gasteiger partial charge on any atom is 0.523 e. The van der Waals surface area contributed by atoms with E-state index in [4.69, 9.17) is 0 Å². The van der Waals surface area contributed by atoms with E-state index in [2.05, 4.69) is 8.37 Å². The first kappa shape index (κ1) is 25.3. The number of alkyl halides is 6. The summed E-state index contributed by atoms with van der Waals surface area (Å²) in [5.41, 5.74) is -9.89. The molecule has 1 saturated heterocycles. The molecule has 0 unspecified atom stereocenters. The Labute approximate surface area is 184 Å². The van der Waals surface area contributed by atoms with Crippen molar-refractivity contribution >= 4 is 25.9 Å². The van der Waals surface area contributed by atoms with Gasteiger partial charge in [0.1, 0.15) is 12.2 Å². The lowest BCUT2D eigenvalue weighted by atomic mass is 10.1. The molecule has 0 spiro atoms. The monoisotopic (exact) mass is 519 g/mol. The van der Waals surface area contributed by atoms with Crippen LogP contribution in [0.15, 0.2) is 54.6 Å². The standard InChI is InChI=1S/C18H15F6NO6S2/c19-17(20,21)32(26,27)30-15-10-25(11-16(15)31-33(28,29)18(22,23)24)14-8-6-13(7-9-14)12-4-2-1-3-5-12/h1-9,15-16H,10-11H2/t15-,16-/m0/s1. The van der Waals surface area contributed by atoms with Crippen LogP contribution in [-0.2, 0) is 28.6 Å². The molecule has 33 heavy (non-hydrogen) atoms. The summed E-state index contributed by atoms with van der Waals surface area (Å²) in [5, 5.41) is 0. The van der Waals surface area contributed by atoms with E-state index in [1.807, 2.05) is 12.1 Å². The molecule has 2 aromatic rings. The third-order valence-corrected chi connectivity index (χ3v) is 6.76. The van der Waals surface area contributed by atoms with Crippen LogP contribution in [0.5, 0.6) is 0 Å². The molecule has 0 aliphatic carbocycles. The summed E-state index contributed by atoms with van der Waals surface area (Å²) in [5.74, 6) is 0. The normalized spacial score (nSPS) is 20.2. The Hall–Kier alpha value is -2.36. The lowest BCUT2D eigenvalue weighted by Crippen LogP contribution is -2.40. The minimum absolute atomic E-state index is 0.267. The molecule has 0 bridgehead atoms. The summed E-state index contributed by atoms with van der Waals surface area (Å²) in [4.78, 5) is 1.15. The second-order valence-electron chi connectivity index (χ2n) is 6.89. The van der Waals surface area contributed by atoms with Crippen LogP contribution in [-0.4, -0.2) is 53.1 Å². The van der Waals surface area contributed by atoms with Crippen LogP contribution in [0.2, 0.25) is 0 Å². The van der Waals surface area contributed by atoms with Gasteiger partial charge in [0.15, 0.2) is 0 Å². The van der Waals surface area contributed by atoms with Gasteiger partial charge in [0.2, 0.25) is 0 Å². The fourth-order valence-electron chi connectivity index (χ4n) is 3.07. The number of rotatable bonds is 6. The molecule has 0 aromatic heterocycles. The highest BCUT2D eigenvalue weighted by Gasteiger charge is 2.54. The van der Waals surface area contributed by atoms with Crippen molar-refractivity contribution in [1.82, 2.24) is 0 Å². The Balaban J connectivity index is 1.87. The summed E-state index contributed by atoms with van der Waals surface area (Å²) >= 11 is 0. The molecular formula is C18H15F6NO6S2. The molecule has 15 heteroatoms. The molecule has 7 nitrogen and oxygen atoms in total. The van der Waals surface area contributed by atoms with Crippen LogP contribution in [0.3, 0.4) is 0 Å². The van der Waals surface area contributed by atoms with E-state index < -0.39 is 56.6 Å². The molecule has 1 heterocycles. The molecule has 0 amide bonds. The molecule has 182 valence electrons. The first-order valence-electron chi connectivity index (χ1n) is 9.00. The van der Waals surface area contributed by atoms with E-state index >= 15 is 0 Å². The van der Waals surface area contributed by atoms with Crippen LogP contribution in [0.4, 0.5) is 32.0 Å². The number of hydrogen-bond donors (Lipinski definition) is 0. The number of benzene rings is 2. The summed E-state index contributed by atoms with van der Waals surface area (Å²) in [7, 11) is -12.5. The van der Waals surface area contributed by atoms with E-state index in [1.54, 1.807) is 30.3 Å². The molecule has 1 aliphatic heterocycles. The van der Waals surface area contributed by atoms with Gasteiger partial charge in [0.25, 0.3) is 0 Å². The van der Waals surface area contributed by atoms with Crippen molar-refractivity contribution in [2.45, 2.75) is 23.2 Å². The summed E-state index contributed by atoms with van der Waals surface area (Å²) < 4.78 is 130. The number of anilines is 1.